The maximum absolute atomic E-state index is 12.4. The maximum atomic E-state index is 12.4. The summed E-state index contributed by atoms with van der Waals surface area (Å²) < 4.78 is 27.2. The standard InChI is InChI=1S/C15H14N2O2S/c1-11-3-4-12(2)15(9-11)20(18,19)17-14-7-5-13(10-16)6-8-14/h3-9,17H,1-2H3. The summed E-state index contributed by atoms with van der Waals surface area (Å²) in [4.78, 5) is 0.266. The monoisotopic (exact) mass is 286 g/mol. The van der Waals surface area contributed by atoms with Crippen LogP contribution in [-0.4, -0.2) is 8.42 Å². The van der Waals surface area contributed by atoms with Crippen molar-refractivity contribution in [3.63, 3.8) is 0 Å². The molecular formula is C15H14N2O2S. The summed E-state index contributed by atoms with van der Waals surface area (Å²) in [6.45, 7) is 3.60. The van der Waals surface area contributed by atoms with Crippen molar-refractivity contribution in [2.45, 2.75) is 18.7 Å². The van der Waals surface area contributed by atoms with Crippen LogP contribution in [0, 0.1) is 25.2 Å². The molecule has 102 valence electrons. The van der Waals surface area contributed by atoms with Gasteiger partial charge >= 0.3 is 0 Å². The van der Waals surface area contributed by atoms with Crippen LogP contribution in [0.15, 0.2) is 47.4 Å². The van der Waals surface area contributed by atoms with Crippen LogP contribution in [-0.2, 0) is 10.0 Å². The van der Waals surface area contributed by atoms with E-state index in [-0.39, 0.29) is 4.90 Å². The lowest BCUT2D eigenvalue weighted by Gasteiger charge is -2.11. The van der Waals surface area contributed by atoms with E-state index in [9.17, 15) is 8.42 Å². The number of rotatable bonds is 3. The van der Waals surface area contributed by atoms with Crippen LogP contribution >= 0.6 is 0 Å². The molecule has 0 aliphatic heterocycles. The Morgan fingerprint density at radius 3 is 2.30 bits per heavy atom. The van der Waals surface area contributed by atoms with Crippen LogP contribution in [0.4, 0.5) is 5.69 Å². The summed E-state index contributed by atoms with van der Waals surface area (Å²) in [7, 11) is -3.62. The molecule has 2 aromatic rings. The van der Waals surface area contributed by atoms with Crippen molar-refractivity contribution in [2.24, 2.45) is 0 Å². The number of sulfonamides is 1. The largest absolute Gasteiger partial charge is 0.280 e. The lowest BCUT2D eigenvalue weighted by atomic mass is 10.2. The van der Waals surface area contributed by atoms with Crippen LogP contribution in [0.2, 0.25) is 0 Å². The van der Waals surface area contributed by atoms with Crippen LogP contribution in [0.3, 0.4) is 0 Å². The van der Waals surface area contributed by atoms with Gasteiger partial charge in [-0.1, -0.05) is 12.1 Å². The molecule has 20 heavy (non-hydrogen) atoms. The smallest absolute Gasteiger partial charge is 0.262 e. The Hall–Kier alpha value is -2.32. The average Bonchev–Trinajstić information content (AvgIpc) is 2.42. The first-order chi connectivity index (χ1) is 9.42. The van der Waals surface area contributed by atoms with Gasteiger partial charge in [0, 0.05) is 5.69 Å². The Balaban J connectivity index is 2.35. The number of benzene rings is 2. The Labute approximate surface area is 118 Å². The van der Waals surface area contributed by atoms with E-state index in [0.29, 0.717) is 16.8 Å². The molecule has 0 spiro atoms. The van der Waals surface area contributed by atoms with E-state index < -0.39 is 10.0 Å². The van der Waals surface area contributed by atoms with E-state index in [2.05, 4.69) is 4.72 Å². The zero-order valence-corrected chi connectivity index (χ0v) is 12.0. The van der Waals surface area contributed by atoms with E-state index in [0.717, 1.165) is 5.56 Å². The van der Waals surface area contributed by atoms with Crippen molar-refractivity contribution in [1.29, 1.82) is 5.26 Å². The van der Waals surface area contributed by atoms with Crippen molar-refractivity contribution in [1.82, 2.24) is 0 Å². The van der Waals surface area contributed by atoms with E-state index >= 15 is 0 Å². The molecule has 2 aromatic carbocycles. The van der Waals surface area contributed by atoms with Crippen molar-refractivity contribution >= 4 is 15.7 Å². The molecule has 0 aliphatic rings. The number of nitrogens with one attached hydrogen (secondary N) is 1. The first-order valence-electron chi connectivity index (χ1n) is 6.02. The van der Waals surface area contributed by atoms with Gasteiger partial charge in [-0.05, 0) is 55.3 Å². The fourth-order valence-electron chi connectivity index (χ4n) is 1.82. The molecule has 0 radical (unpaired) electrons. The Morgan fingerprint density at radius 2 is 1.70 bits per heavy atom. The number of nitriles is 1. The van der Waals surface area contributed by atoms with Crippen LogP contribution < -0.4 is 4.72 Å². The van der Waals surface area contributed by atoms with Gasteiger partial charge in [0.05, 0.1) is 16.5 Å². The molecule has 0 unspecified atom stereocenters. The minimum Gasteiger partial charge on any atom is -0.280 e. The van der Waals surface area contributed by atoms with Crippen LogP contribution in [0.5, 0.6) is 0 Å². The topological polar surface area (TPSA) is 70.0 Å². The highest BCUT2D eigenvalue weighted by Gasteiger charge is 2.16. The first kappa shape index (κ1) is 14.1. The molecule has 0 heterocycles. The van der Waals surface area contributed by atoms with Crippen molar-refractivity contribution in [3.05, 3.63) is 59.2 Å². The van der Waals surface area contributed by atoms with Crippen molar-refractivity contribution in [3.8, 4) is 6.07 Å². The van der Waals surface area contributed by atoms with Gasteiger partial charge in [0.2, 0.25) is 0 Å². The highest BCUT2D eigenvalue weighted by Crippen LogP contribution is 2.20. The Kier molecular flexibility index (Phi) is 3.77. The van der Waals surface area contributed by atoms with Crippen LogP contribution in [0.25, 0.3) is 0 Å². The lowest BCUT2D eigenvalue weighted by Crippen LogP contribution is -2.14. The van der Waals surface area contributed by atoms with Gasteiger partial charge in [-0.15, -0.1) is 0 Å². The van der Waals surface area contributed by atoms with Crippen molar-refractivity contribution in [2.75, 3.05) is 4.72 Å². The zero-order valence-electron chi connectivity index (χ0n) is 11.2. The van der Waals surface area contributed by atoms with Gasteiger partial charge in [0.1, 0.15) is 0 Å². The van der Waals surface area contributed by atoms with Crippen molar-refractivity contribution < 1.29 is 8.42 Å². The van der Waals surface area contributed by atoms with E-state index in [1.807, 2.05) is 19.1 Å². The lowest BCUT2D eigenvalue weighted by molar-refractivity contribution is 0.600. The second kappa shape index (κ2) is 5.35. The molecule has 4 nitrogen and oxygen atoms in total. The average molecular weight is 286 g/mol. The summed E-state index contributed by atoms with van der Waals surface area (Å²) in [6.07, 6.45) is 0. The summed E-state index contributed by atoms with van der Waals surface area (Å²) >= 11 is 0. The van der Waals surface area contributed by atoms with Crippen LogP contribution in [0.1, 0.15) is 16.7 Å². The molecule has 5 heteroatoms. The zero-order chi connectivity index (χ0) is 14.8. The molecule has 0 saturated heterocycles. The number of aryl methyl sites for hydroxylation is 2. The molecule has 0 saturated carbocycles. The minimum atomic E-state index is -3.62. The van der Waals surface area contributed by atoms with Gasteiger partial charge in [-0.3, -0.25) is 4.72 Å². The summed E-state index contributed by atoms with van der Waals surface area (Å²) in [6, 6.07) is 13.6. The van der Waals surface area contributed by atoms with Gasteiger partial charge in [0.25, 0.3) is 10.0 Å². The first-order valence-corrected chi connectivity index (χ1v) is 7.51. The number of nitrogens with zero attached hydrogens (tertiary/aromatic N) is 1. The van der Waals surface area contributed by atoms with E-state index in [1.54, 1.807) is 43.3 Å². The molecule has 0 aliphatic carbocycles. The Morgan fingerprint density at radius 1 is 1.05 bits per heavy atom. The normalized spacial score (nSPS) is 10.8. The highest BCUT2D eigenvalue weighted by atomic mass is 32.2. The number of hydrogen-bond donors (Lipinski definition) is 1. The molecular weight excluding hydrogens is 272 g/mol. The quantitative estimate of drug-likeness (QED) is 0.943. The summed E-state index contributed by atoms with van der Waals surface area (Å²) in [5, 5.41) is 8.72. The number of hydrogen-bond acceptors (Lipinski definition) is 3. The second-order valence-electron chi connectivity index (χ2n) is 4.56. The number of anilines is 1. The highest BCUT2D eigenvalue weighted by molar-refractivity contribution is 7.92. The SMILES string of the molecule is Cc1ccc(C)c(S(=O)(=O)Nc2ccc(C#N)cc2)c1. The van der Waals surface area contributed by atoms with Gasteiger partial charge in [-0.25, -0.2) is 8.42 Å². The maximum Gasteiger partial charge on any atom is 0.262 e. The summed E-state index contributed by atoms with van der Waals surface area (Å²) in [5.74, 6) is 0. The molecule has 0 fully saturated rings. The predicted molar refractivity (Wildman–Crippen MR) is 77.9 cm³/mol. The third kappa shape index (κ3) is 2.98. The molecule has 0 amide bonds. The minimum absolute atomic E-state index is 0.266. The fraction of sp³-hybridized carbons (Fsp3) is 0.133. The van der Waals surface area contributed by atoms with E-state index in [1.165, 1.54) is 0 Å². The van der Waals surface area contributed by atoms with Gasteiger partial charge in [0.15, 0.2) is 0 Å². The fourth-order valence-corrected chi connectivity index (χ4v) is 3.21. The Bertz CT molecular complexity index is 773. The second-order valence-corrected chi connectivity index (χ2v) is 6.21. The van der Waals surface area contributed by atoms with Gasteiger partial charge in [-0.2, -0.15) is 5.26 Å². The van der Waals surface area contributed by atoms with Gasteiger partial charge < -0.3 is 0 Å². The third-order valence-corrected chi connectivity index (χ3v) is 4.42. The third-order valence-electron chi connectivity index (χ3n) is 2.90. The molecule has 0 atom stereocenters. The molecule has 2 rings (SSSR count). The molecule has 0 bridgehead atoms. The molecule has 1 N–H and O–H groups in total. The van der Waals surface area contributed by atoms with E-state index in [4.69, 9.17) is 5.26 Å². The summed E-state index contributed by atoms with van der Waals surface area (Å²) in [5.41, 5.74) is 2.50. The molecule has 0 aromatic heterocycles. The predicted octanol–water partition coefficient (Wildman–Crippen LogP) is 2.98.